The Hall–Kier alpha value is -0.490. The predicted octanol–water partition coefficient (Wildman–Crippen LogP) is 1.03. The van der Waals surface area contributed by atoms with Gasteiger partial charge in [0.1, 0.15) is 0 Å². The van der Waals surface area contributed by atoms with E-state index in [2.05, 4.69) is 21.7 Å². The van der Waals surface area contributed by atoms with E-state index >= 15 is 0 Å². The molecule has 1 aliphatic rings. The molecule has 2 rings (SSSR count). The fourth-order valence-electron chi connectivity index (χ4n) is 2.33. The Morgan fingerprint density at radius 3 is 2.71 bits per heavy atom. The third-order valence-electron chi connectivity index (χ3n) is 3.47. The first-order chi connectivity index (χ1) is 8.33. The number of hydrogen-bond acceptors (Lipinski definition) is 5. The van der Waals surface area contributed by atoms with E-state index in [1.807, 2.05) is 11.7 Å². The van der Waals surface area contributed by atoms with Crippen LogP contribution in [0.2, 0.25) is 0 Å². The van der Waals surface area contributed by atoms with E-state index < -0.39 is 0 Å². The van der Waals surface area contributed by atoms with Crippen molar-refractivity contribution in [2.45, 2.75) is 25.9 Å². The van der Waals surface area contributed by atoms with Gasteiger partial charge < -0.3 is 5.11 Å². The predicted molar refractivity (Wildman–Crippen MR) is 70.1 cm³/mol. The number of hydrogen-bond donors (Lipinski definition) is 1. The first kappa shape index (κ1) is 13.0. The number of thiazole rings is 1. The van der Waals surface area contributed by atoms with Gasteiger partial charge in [-0.25, -0.2) is 0 Å². The molecule has 1 N–H and O–H groups in total. The molecule has 0 radical (unpaired) electrons. The Bertz CT molecular complexity index is 306. The maximum Gasteiger partial charge on any atom is 0.0794 e. The van der Waals surface area contributed by atoms with Crippen LogP contribution < -0.4 is 0 Å². The minimum Gasteiger partial charge on any atom is -0.395 e. The SMILES string of the molecule is CCC(CO)N1CCN(Cc2cncs2)CC1. The summed E-state index contributed by atoms with van der Waals surface area (Å²) in [7, 11) is 0. The summed E-state index contributed by atoms with van der Waals surface area (Å²) in [6.07, 6.45) is 2.99. The lowest BCUT2D eigenvalue weighted by Crippen LogP contribution is -2.50. The van der Waals surface area contributed by atoms with Crippen molar-refractivity contribution in [1.29, 1.82) is 0 Å². The molecular formula is C12H21N3OS. The van der Waals surface area contributed by atoms with Gasteiger partial charge in [0.15, 0.2) is 0 Å². The minimum atomic E-state index is 0.283. The van der Waals surface area contributed by atoms with Crippen LogP contribution in [0.4, 0.5) is 0 Å². The second kappa shape index (κ2) is 6.44. The van der Waals surface area contributed by atoms with E-state index in [1.54, 1.807) is 11.3 Å². The van der Waals surface area contributed by atoms with Crippen LogP contribution in [0.3, 0.4) is 0 Å². The largest absolute Gasteiger partial charge is 0.395 e. The quantitative estimate of drug-likeness (QED) is 0.853. The number of aliphatic hydroxyl groups is 1. The highest BCUT2D eigenvalue weighted by Gasteiger charge is 2.22. The van der Waals surface area contributed by atoms with Crippen molar-refractivity contribution in [3.63, 3.8) is 0 Å². The van der Waals surface area contributed by atoms with Crippen LogP contribution in [0.5, 0.6) is 0 Å². The monoisotopic (exact) mass is 255 g/mol. The Morgan fingerprint density at radius 2 is 2.18 bits per heavy atom. The lowest BCUT2D eigenvalue weighted by molar-refractivity contribution is 0.0612. The Kier molecular flexibility index (Phi) is 4.91. The Labute approximate surface area is 107 Å². The van der Waals surface area contributed by atoms with Crippen LogP contribution >= 0.6 is 11.3 Å². The molecule has 5 heteroatoms. The number of rotatable bonds is 5. The molecule has 0 saturated carbocycles. The molecule has 1 fully saturated rings. The van der Waals surface area contributed by atoms with Crippen LogP contribution in [0.1, 0.15) is 18.2 Å². The van der Waals surface area contributed by atoms with E-state index in [4.69, 9.17) is 0 Å². The average molecular weight is 255 g/mol. The van der Waals surface area contributed by atoms with Crippen molar-refractivity contribution in [1.82, 2.24) is 14.8 Å². The summed E-state index contributed by atoms with van der Waals surface area (Å²) in [6, 6.07) is 0.348. The molecule has 0 aromatic carbocycles. The maximum absolute atomic E-state index is 9.29. The van der Waals surface area contributed by atoms with Gasteiger partial charge in [-0.1, -0.05) is 6.92 Å². The zero-order chi connectivity index (χ0) is 12.1. The Balaban J connectivity index is 1.78. The molecule has 0 spiro atoms. The van der Waals surface area contributed by atoms with Gasteiger partial charge in [-0.15, -0.1) is 11.3 Å². The van der Waals surface area contributed by atoms with Crippen molar-refractivity contribution < 1.29 is 5.11 Å². The summed E-state index contributed by atoms with van der Waals surface area (Å²) in [5.74, 6) is 0. The summed E-state index contributed by atoms with van der Waals surface area (Å²) >= 11 is 1.73. The molecular weight excluding hydrogens is 234 g/mol. The van der Waals surface area contributed by atoms with Crippen LogP contribution in [-0.2, 0) is 6.54 Å². The summed E-state index contributed by atoms with van der Waals surface area (Å²) < 4.78 is 0. The number of nitrogens with zero attached hydrogens (tertiary/aromatic N) is 3. The summed E-state index contributed by atoms with van der Waals surface area (Å²) in [6.45, 7) is 7.77. The summed E-state index contributed by atoms with van der Waals surface area (Å²) in [5.41, 5.74) is 1.89. The molecule has 1 unspecified atom stereocenters. The van der Waals surface area contributed by atoms with E-state index in [-0.39, 0.29) is 6.61 Å². The molecule has 17 heavy (non-hydrogen) atoms. The normalized spacial score (nSPS) is 20.6. The van der Waals surface area contributed by atoms with Crippen LogP contribution in [-0.4, -0.2) is 58.7 Å². The lowest BCUT2D eigenvalue weighted by Gasteiger charge is -2.38. The third-order valence-corrected chi connectivity index (χ3v) is 4.23. The molecule has 1 aliphatic heterocycles. The van der Waals surface area contributed by atoms with Crippen molar-refractivity contribution >= 4 is 11.3 Å². The molecule has 2 heterocycles. The smallest absolute Gasteiger partial charge is 0.0794 e. The number of aliphatic hydroxyl groups excluding tert-OH is 1. The number of piperazine rings is 1. The molecule has 0 amide bonds. The number of aromatic nitrogens is 1. The first-order valence-electron chi connectivity index (χ1n) is 6.28. The zero-order valence-electron chi connectivity index (χ0n) is 10.4. The second-order valence-corrected chi connectivity index (χ2v) is 5.50. The van der Waals surface area contributed by atoms with Gasteiger partial charge in [0.2, 0.25) is 0 Å². The van der Waals surface area contributed by atoms with Gasteiger partial charge in [0.25, 0.3) is 0 Å². The summed E-state index contributed by atoms with van der Waals surface area (Å²) in [5, 5.41) is 9.29. The molecule has 1 aromatic rings. The third kappa shape index (κ3) is 3.48. The second-order valence-electron chi connectivity index (χ2n) is 4.52. The van der Waals surface area contributed by atoms with E-state index in [0.29, 0.717) is 6.04 Å². The molecule has 1 saturated heterocycles. The van der Waals surface area contributed by atoms with Crippen molar-refractivity contribution in [2.24, 2.45) is 0 Å². The molecule has 1 atom stereocenters. The van der Waals surface area contributed by atoms with Crippen molar-refractivity contribution in [3.8, 4) is 0 Å². The van der Waals surface area contributed by atoms with Gasteiger partial charge in [-0.2, -0.15) is 0 Å². The minimum absolute atomic E-state index is 0.283. The summed E-state index contributed by atoms with van der Waals surface area (Å²) in [4.78, 5) is 10.3. The molecule has 0 aliphatic carbocycles. The van der Waals surface area contributed by atoms with E-state index in [9.17, 15) is 5.11 Å². The van der Waals surface area contributed by atoms with E-state index in [0.717, 1.165) is 39.1 Å². The fourth-order valence-corrected chi connectivity index (χ4v) is 2.97. The van der Waals surface area contributed by atoms with Crippen molar-refractivity contribution in [2.75, 3.05) is 32.8 Å². The molecule has 0 bridgehead atoms. The van der Waals surface area contributed by atoms with Gasteiger partial charge >= 0.3 is 0 Å². The van der Waals surface area contributed by atoms with Gasteiger partial charge in [0, 0.05) is 49.8 Å². The van der Waals surface area contributed by atoms with E-state index in [1.165, 1.54) is 4.88 Å². The average Bonchev–Trinajstić information content (AvgIpc) is 2.86. The standard InChI is InChI=1S/C12H21N3OS/c1-2-11(9-16)15-5-3-14(4-6-15)8-12-7-13-10-17-12/h7,10-11,16H,2-6,8-9H2,1H3. The topological polar surface area (TPSA) is 39.6 Å². The fraction of sp³-hybridized carbons (Fsp3) is 0.750. The maximum atomic E-state index is 9.29. The van der Waals surface area contributed by atoms with Gasteiger partial charge in [0.05, 0.1) is 12.1 Å². The highest BCUT2D eigenvalue weighted by molar-refractivity contribution is 7.09. The highest BCUT2D eigenvalue weighted by atomic mass is 32.1. The first-order valence-corrected chi connectivity index (χ1v) is 7.16. The lowest BCUT2D eigenvalue weighted by atomic mass is 10.1. The zero-order valence-corrected chi connectivity index (χ0v) is 11.2. The van der Waals surface area contributed by atoms with Crippen LogP contribution in [0, 0.1) is 0 Å². The van der Waals surface area contributed by atoms with Crippen molar-refractivity contribution in [3.05, 3.63) is 16.6 Å². The molecule has 1 aromatic heterocycles. The van der Waals surface area contributed by atoms with Crippen LogP contribution in [0.25, 0.3) is 0 Å². The van der Waals surface area contributed by atoms with Crippen LogP contribution in [0.15, 0.2) is 11.7 Å². The van der Waals surface area contributed by atoms with Gasteiger partial charge in [-0.3, -0.25) is 14.8 Å². The molecule has 96 valence electrons. The Morgan fingerprint density at radius 1 is 1.41 bits per heavy atom. The van der Waals surface area contributed by atoms with Gasteiger partial charge in [-0.05, 0) is 6.42 Å². The highest BCUT2D eigenvalue weighted by Crippen LogP contribution is 2.13. The molecule has 4 nitrogen and oxygen atoms in total.